The lowest BCUT2D eigenvalue weighted by atomic mass is 10.2. The van der Waals surface area contributed by atoms with Crippen molar-refractivity contribution in [3.63, 3.8) is 0 Å². The van der Waals surface area contributed by atoms with Gasteiger partial charge < -0.3 is 12.4 Å². The van der Waals surface area contributed by atoms with E-state index in [-0.39, 0.29) is 18.3 Å². The van der Waals surface area contributed by atoms with Crippen LogP contribution in [0.5, 0.6) is 0 Å². The Balaban J connectivity index is 0.00000218. The zero-order valence-electron chi connectivity index (χ0n) is 16.3. The first kappa shape index (κ1) is 20.3. The minimum absolute atomic E-state index is 0. The van der Waals surface area contributed by atoms with Gasteiger partial charge in [-0.2, -0.15) is 0 Å². The fourth-order valence-electron chi connectivity index (χ4n) is 3.87. The molecule has 3 heterocycles. The van der Waals surface area contributed by atoms with Crippen LogP contribution in [-0.2, 0) is 24.3 Å². The van der Waals surface area contributed by atoms with Gasteiger partial charge in [0.2, 0.25) is 0 Å². The summed E-state index contributed by atoms with van der Waals surface area (Å²) in [5.41, 5.74) is 4.29. The van der Waals surface area contributed by atoms with E-state index in [4.69, 9.17) is 0 Å². The highest BCUT2D eigenvalue weighted by Crippen LogP contribution is 2.26. The lowest BCUT2D eigenvalue weighted by Gasteiger charge is -2.00. The van der Waals surface area contributed by atoms with Gasteiger partial charge in [-0.15, -0.1) is 11.3 Å². The second-order valence-corrected chi connectivity index (χ2v) is 7.99. The molecule has 0 saturated heterocycles. The summed E-state index contributed by atoms with van der Waals surface area (Å²) in [6.07, 6.45) is 4.21. The van der Waals surface area contributed by atoms with Crippen LogP contribution in [0.4, 0.5) is 5.13 Å². The molecule has 1 amide bonds. The summed E-state index contributed by atoms with van der Waals surface area (Å²) in [7, 11) is 0. The van der Waals surface area contributed by atoms with Crippen LogP contribution in [0.25, 0.3) is 22.5 Å². The molecule has 1 aliphatic rings. The number of anilines is 1. The number of rotatable bonds is 5. The maximum absolute atomic E-state index is 12.7. The van der Waals surface area contributed by atoms with Crippen molar-refractivity contribution < 1.29 is 21.8 Å². The Hall–Kier alpha value is -2.96. The maximum Gasteiger partial charge on any atom is 0.268 e. The predicted octanol–water partition coefficient (Wildman–Crippen LogP) is 1.16. The number of fused-ring (bicyclic) bond motifs is 1. The van der Waals surface area contributed by atoms with Crippen LogP contribution < -0.4 is 22.3 Å². The van der Waals surface area contributed by atoms with Gasteiger partial charge in [-0.05, 0) is 6.42 Å². The first-order valence-corrected chi connectivity index (χ1v) is 10.6. The molecule has 2 aromatic heterocycles. The molecule has 0 spiro atoms. The SMILES string of the molecule is O=C(C[n+]1cc(-c2ccccc2)n2c1CCC2)Nc1nc(-c2ccccc2)cs1.[Cl-]. The number of carbonyl (C=O) groups excluding carboxylic acids is 1. The van der Waals surface area contributed by atoms with Crippen LogP contribution in [-0.4, -0.2) is 15.5 Å². The van der Waals surface area contributed by atoms with Crippen LogP contribution in [0.2, 0.25) is 0 Å². The molecule has 7 heteroatoms. The Kier molecular flexibility index (Phi) is 5.97. The molecule has 152 valence electrons. The van der Waals surface area contributed by atoms with Gasteiger partial charge in [0.1, 0.15) is 6.20 Å². The molecule has 0 bridgehead atoms. The van der Waals surface area contributed by atoms with E-state index in [0.717, 1.165) is 30.6 Å². The van der Waals surface area contributed by atoms with Crippen LogP contribution in [0.15, 0.2) is 72.2 Å². The lowest BCUT2D eigenvalue weighted by molar-refractivity contribution is -0.690. The molecule has 0 atom stereocenters. The second-order valence-electron chi connectivity index (χ2n) is 7.13. The average Bonchev–Trinajstić information content (AvgIpc) is 3.48. The molecule has 5 nitrogen and oxygen atoms in total. The normalized spacial score (nSPS) is 12.3. The van der Waals surface area contributed by atoms with Gasteiger partial charge in [-0.1, -0.05) is 60.7 Å². The van der Waals surface area contributed by atoms with Crippen molar-refractivity contribution in [1.29, 1.82) is 0 Å². The van der Waals surface area contributed by atoms with E-state index in [2.05, 4.69) is 37.8 Å². The number of amides is 1. The van der Waals surface area contributed by atoms with E-state index in [1.165, 1.54) is 28.4 Å². The monoisotopic (exact) mass is 436 g/mol. The fourth-order valence-corrected chi connectivity index (χ4v) is 4.61. The van der Waals surface area contributed by atoms with Crippen molar-refractivity contribution in [2.24, 2.45) is 0 Å². The van der Waals surface area contributed by atoms with Crippen molar-refractivity contribution in [2.45, 2.75) is 25.9 Å². The van der Waals surface area contributed by atoms with Gasteiger partial charge in [0.15, 0.2) is 17.4 Å². The summed E-state index contributed by atoms with van der Waals surface area (Å²) in [5.74, 6) is 1.16. The Morgan fingerprint density at radius 3 is 2.50 bits per heavy atom. The Morgan fingerprint density at radius 2 is 1.77 bits per heavy atom. The molecule has 0 saturated carbocycles. The minimum Gasteiger partial charge on any atom is -1.00 e. The number of halogens is 1. The quantitative estimate of drug-likeness (QED) is 0.477. The van der Waals surface area contributed by atoms with Gasteiger partial charge in [0.05, 0.1) is 18.7 Å². The summed E-state index contributed by atoms with van der Waals surface area (Å²) in [4.78, 5) is 17.3. The van der Waals surface area contributed by atoms with Gasteiger partial charge in [-0.25, -0.2) is 14.1 Å². The molecule has 0 unspecified atom stereocenters. The molecule has 1 aliphatic heterocycles. The van der Waals surface area contributed by atoms with E-state index >= 15 is 0 Å². The van der Waals surface area contributed by atoms with Crippen LogP contribution in [0.3, 0.4) is 0 Å². The third-order valence-electron chi connectivity index (χ3n) is 5.20. The summed E-state index contributed by atoms with van der Waals surface area (Å²) >= 11 is 1.45. The number of thiazole rings is 1. The zero-order chi connectivity index (χ0) is 19.6. The molecular weight excluding hydrogens is 416 g/mol. The first-order valence-electron chi connectivity index (χ1n) is 9.76. The molecule has 1 N–H and O–H groups in total. The lowest BCUT2D eigenvalue weighted by Crippen LogP contribution is -3.00. The Bertz CT molecular complexity index is 1150. The van der Waals surface area contributed by atoms with Gasteiger partial charge >= 0.3 is 0 Å². The highest BCUT2D eigenvalue weighted by molar-refractivity contribution is 7.14. The van der Waals surface area contributed by atoms with Crippen LogP contribution in [0, 0.1) is 0 Å². The zero-order valence-corrected chi connectivity index (χ0v) is 17.9. The standard InChI is InChI=1S/C23H20N4OS.ClH/c28-21(25-23-24-19(16-29-23)17-8-3-1-4-9-17)15-26-14-20(18-10-5-2-6-11-18)27-13-7-12-22(26)27;/h1-6,8-11,14,16H,7,12-13,15H2;1H. The summed E-state index contributed by atoms with van der Waals surface area (Å²) in [6.45, 7) is 1.30. The third kappa shape index (κ3) is 4.01. The van der Waals surface area contributed by atoms with Crippen molar-refractivity contribution in [3.8, 4) is 22.5 Å². The van der Waals surface area contributed by atoms with Crippen molar-refractivity contribution in [1.82, 2.24) is 9.55 Å². The largest absolute Gasteiger partial charge is 1.00 e. The first-order chi connectivity index (χ1) is 14.3. The minimum atomic E-state index is -0.0520. The molecule has 0 aliphatic carbocycles. The molecule has 2 aromatic carbocycles. The third-order valence-corrected chi connectivity index (χ3v) is 5.96. The van der Waals surface area contributed by atoms with E-state index in [1.54, 1.807) is 0 Å². The topological polar surface area (TPSA) is 50.8 Å². The summed E-state index contributed by atoms with van der Waals surface area (Å²) < 4.78 is 4.41. The Morgan fingerprint density at radius 1 is 1.07 bits per heavy atom. The van der Waals surface area contributed by atoms with E-state index in [1.807, 2.05) is 53.9 Å². The number of imidazole rings is 1. The number of carbonyl (C=O) groups is 1. The number of benzene rings is 2. The number of nitrogens with zero attached hydrogens (tertiary/aromatic N) is 3. The number of nitrogens with one attached hydrogen (secondary N) is 1. The summed E-state index contributed by atoms with van der Waals surface area (Å²) in [5, 5.41) is 5.57. The second kappa shape index (κ2) is 8.81. The Labute approximate surface area is 185 Å². The molecule has 0 radical (unpaired) electrons. The van der Waals surface area contributed by atoms with E-state index in [0.29, 0.717) is 11.7 Å². The van der Waals surface area contributed by atoms with Crippen molar-refractivity contribution in [3.05, 3.63) is 78.1 Å². The van der Waals surface area contributed by atoms with Gasteiger partial charge in [0, 0.05) is 16.5 Å². The highest BCUT2D eigenvalue weighted by atomic mass is 35.5. The number of hydrogen-bond donors (Lipinski definition) is 1. The maximum atomic E-state index is 12.7. The molecule has 0 fully saturated rings. The number of hydrogen-bond acceptors (Lipinski definition) is 3. The van der Waals surface area contributed by atoms with E-state index in [9.17, 15) is 4.79 Å². The highest BCUT2D eigenvalue weighted by Gasteiger charge is 2.29. The molecular formula is C23H21ClN4OS. The number of aromatic nitrogens is 3. The molecule has 5 rings (SSSR count). The average molecular weight is 437 g/mol. The molecule has 4 aromatic rings. The summed E-state index contributed by atoms with van der Waals surface area (Å²) in [6, 6.07) is 20.4. The van der Waals surface area contributed by atoms with Crippen molar-refractivity contribution in [2.75, 3.05) is 5.32 Å². The van der Waals surface area contributed by atoms with Crippen LogP contribution >= 0.6 is 11.3 Å². The van der Waals surface area contributed by atoms with Crippen LogP contribution in [0.1, 0.15) is 12.2 Å². The van der Waals surface area contributed by atoms with Crippen molar-refractivity contribution >= 4 is 22.4 Å². The van der Waals surface area contributed by atoms with E-state index < -0.39 is 0 Å². The fraction of sp³-hybridized carbons (Fsp3) is 0.174. The smallest absolute Gasteiger partial charge is 0.268 e. The van der Waals surface area contributed by atoms with Gasteiger partial charge in [-0.3, -0.25) is 10.1 Å². The molecule has 30 heavy (non-hydrogen) atoms. The predicted molar refractivity (Wildman–Crippen MR) is 115 cm³/mol. The van der Waals surface area contributed by atoms with Gasteiger partial charge in [0.25, 0.3) is 11.7 Å².